The summed E-state index contributed by atoms with van der Waals surface area (Å²) in [6.45, 7) is 0.372. The van der Waals surface area contributed by atoms with Crippen LogP contribution >= 0.6 is 23.1 Å². The molecular formula is C19H19N5O2S2. The zero-order valence-corrected chi connectivity index (χ0v) is 17.2. The minimum absolute atomic E-state index is 0.288. The highest BCUT2D eigenvalue weighted by Crippen LogP contribution is 2.28. The minimum Gasteiger partial charge on any atom is -0.328 e. The molecule has 0 radical (unpaired) electrons. The molecule has 0 saturated carbocycles. The van der Waals surface area contributed by atoms with E-state index in [1.807, 2.05) is 35.7 Å². The zero-order valence-electron chi connectivity index (χ0n) is 15.5. The van der Waals surface area contributed by atoms with Crippen molar-refractivity contribution in [1.29, 1.82) is 0 Å². The van der Waals surface area contributed by atoms with E-state index in [0.717, 1.165) is 21.3 Å². The molecule has 0 atom stereocenters. The number of aryl methyl sites for hydroxylation is 2. The molecule has 28 heavy (non-hydrogen) atoms. The van der Waals surface area contributed by atoms with E-state index in [0.29, 0.717) is 24.1 Å². The highest BCUT2D eigenvalue weighted by molar-refractivity contribution is 8.01. The van der Waals surface area contributed by atoms with E-state index in [4.69, 9.17) is 0 Å². The van der Waals surface area contributed by atoms with Gasteiger partial charge in [-0.05, 0) is 6.42 Å². The predicted octanol–water partition coefficient (Wildman–Crippen LogP) is 2.74. The maximum atomic E-state index is 12.7. The van der Waals surface area contributed by atoms with Gasteiger partial charge in [-0.1, -0.05) is 42.1 Å². The first-order valence-corrected chi connectivity index (χ1v) is 10.7. The number of aromatic nitrogens is 5. The average Bonchev–Trinajstić information content (AvgIpc) is 3.33. The van der Waals surface area contributed by atoms with Gasteiger partial charge in [0.15, 0.2) is 15.5 Å². The van der Waals surface area contributed by atoms with Crippen molar-refractivity contribution in [3.05, 3.63) is 62.9 Å². The molecule has 0 amide bonds. The average molecular weight is 414 g/mol. The number of benzene rings is 1. The van der Waals surface area contributed by atoms with Crippen LogP contribution in [0.15, 0.2) is 56.0 Å². The largest absolute Gasteiger partial charge is 0.332 e. The fourth-order valence-corrected chi connectivity index (χ4v) is 4.87. The van der Waals surface area contributed by atoms with Crippen molar-refractivity contribution in [3.63, 3.8) is 0 Å². The number of hydrogen-bond acceptors (Lipinski definition) is 6. The van der Waals surface area contributed by atoms with Gasteiger partial charge in [0.2, 0.25) is 0 Å². The Kier molecular flexibility index (Phi) is 5.19. The minimum atomic E-state index is -0.332. The van der Waals surface area contributed by atoms with Gasteiger partial charge in [0.25, 0.3) is 5.56 Å². The van der Waals surface area contributed by atoms with Crippen LogP contribution in [0.5, 0.6) is 0 Å². The summed E-state index contributed by atoms with van der Waals surface area (Å²) in [7, 11) is 3.40. The molecule has 0 aliphatic heterocycles. The van der Waals surface area contributed by atoms with Crippen LogP contribution in [0.25, 0.3) is 22.4 Å². The summed E-state index contributed by atoms with van der Waals surface area (Å²) in [6, 6.07) is 10.1. The lowest BCUT2D eigenvalue weighted by molar-refractivity contribution is 0.594. The van der Waals surface area contributed by atoms with Gasteiger partial charge in [0.1, 0.15) is 0 Å². The summed E-state index contributed by atoms with van der Waals surface area (Å²) >= 11 is 3.26. The van der Waals surface area contributed by atoms with Gasteiger partial charge >= 0.3 is 5.69 Å². The zero-order chi connectivity index (χ0) is 19.7. The summed E-state index contributed by atoms with van der Waals surface area (Å²) in [5.74, 6) is 0.779. The molecule has 0 aliphatic carbocycles. The van der Waals surface area contributed by atoms with E-state index in [1.54, 1.807) is 48.1 Å². The van der Waals surface area contributed by atoms with Crippen LogP contribution in [-0.2, 0) is 20.6 Å². The molecule has 0 spiro atoms. The van der Waals surface area contributed by atoms with E-state index < -0.39 is 0 Å². The van der Waals surface area contributed by atoms with Crippen LogP contribution in [0.1, 0.15) is 6.42 Å². The lowest BCUT2D eigenvalue weighted by Gasteiger charge is -2.08. The third-order valence-corrected chi connectivity index (χ3v) is 6.61. The molecule has 0 saturated heterocycles. The van der Waals surface area contributed by atoms with Gasteiger partial charge in [0.05, 0.1) is 12.0 Å². The molecule has 4 rings (SSSR count). The highest BCUT2D eigenvalue weighted by atomic mass is 32.2. The maximum absolute atomic E-state index is 12.7. The van der Waals surface area contributed by atoms with Gasteiger partial charge in [-0.3, -0.25) is 13.9 Å². The standard InChI is InChI=1S/C19H19N5O2S2/c1-22-12-20-16-15(22)17(25)24(19(26)23(16)2)9-6-10-27-18-21-14(11-28-18)13-7-4-3-5-8-13/h3-5,7-8,11-12H,6,9-10H2,1-2H3. The molecule has 4 aromatic rings. The smallest absolute Gasteiger partial charge is 0.328 e. The molecule has 144 valence electrons. The molecule has 3 heterocycles. The number of thioether (sulfide) groups is 1. The Morgan fingerprint density at radius 2 is 1.93 bits per heavy atom. The van der Waals surface area contributed by atoms with Crippen LogP contribution in [0.3, 0.4) is 0 Å². The second kappa shape index (κ2) is 7.76. The molecule has 7 nitrogen and oxygen atoms in total. The van der Waals surface area contributed by atoms with Crippen molar-refractivity contribution in [2.75, 3.05) is 5.75 Å². The summed E-state index contributed by atoms with van der Waals surface area (Å²) < 4.78 is 5.36. The molecule has 0 unspecified atom stereocenters. The molecule has 3 aromatic heterocycles. The van der Waals surface area contributed by atoms with Crippen molar-refractivity contribution < 1.29 is 0 Å². The van der Waals surface area contributed by atoms with E-state index in [1.165, 1.54) is 9.13 Å². The first-order chi connectivity index (χ1) is 13.6. The van der Waals surface area contributed by atoms with Crippen LogP contribution in [-0.4, -0.2) is 29.4 Å². The molecule has 9 heteroatoms. The Bertz CT molecular complexity index is 1240. The van der Waals surface area contributed by atoms with E-state index >= 15 is 0 Å². The van der Waals surface area contributed by atoms with Crippen LogP contribution in [0.4, 0.5) is 0 Å². The van der Waals surface area contributed by atoms with Gasteiger partial charge in [-0.15, -0.1) is 11.3 Å². The monoisotopic (exact) mass is 413 g/mol. The second-order valence-electron chi connectivity index (χ2n) is 6.39. The van der Waals surface area contributed by atoms with Crippen molar-refractivity contribution >= 4 is 34.3 Å². The number of nitrogens with zero attached hydrogens (tertiary/aromatic N) is 5. The quantitative estimate of drug-likeness (QED) is 0.359. The number of hydrogen-bond donors (Lipinski definition) is 0. The lowest BCUT2D eigenvalue weighted by atomic mass is 10.2. The Morgan fingerprint density at radius 1 is 1.14 bits per heavy atom. The van der Waals surface area contributed by atoms with Gasteiger partial charge in [0, 0.05) is 37.3 Å². The first kappa shape index (κ1) is 18.7. The Hall–Kier alpha value is -2.65. The normalized spacial score (nSPS) is 11.4. The third-order valence-electron chi connectivity index (χ3n) is 4.51. The SMILES string of the molecule is Cn1cnc2c1c(=O)n(CCCSc1nc(-c3ccccc3)cs1)c(=O)n2C. The van der Waals surface area contributed by atoms with E-state index in [9.17, 15) is 9.59 Å². The summed E-state index contributed by atoms with van der Waals surface area (Å²) in [5.41, 5.74) is 2.32. The van der Waals surface area contributed by atoms with E-state index in [2.05, 4.69) is 9.97 Å². The van der Waals surface area contributed by atoms with Gasteiger partial charge in [-0.25, -0.2) is 14.8 Å². The van der Waals surface area contributed by atoms with Crippen LogP contribution < -0.4 is 11.2 Å². The van der Waals surface area contributed by atoms with Crippen LogP contribution in [0, 0.1) is 0 Å². The first-order valence-electron chi connectivity index (χ1n) is 8.81. The molecule has 0 fully saturated rings. The van der Waals surface area contributed by atoms with E-state index in [-0.39, 0.29) is 11.2 Å². The topological polar surface area (TPSA) is 74.7 Å². The van der Waals surface area contributed by atoms with Crippen molar-refractivity contribution in [3.8, 4) is 11.3 Å². The molecule has 0 aliphatic rings. The Morgan fingerprint density at radius 3 is 2.71 bits per heavy atom. The number of thiazole rings is 1. The van der Waals surface area contributed by atoms with Crippen molar-refractivity contribution in [2.24, 2.45) is 14.1 Å². The van der Waals surface area contributed by atoms with Crippen molar-refractivity contribution in [2.45, 2.75) is 17.3 Å². The molecular weight excluding hydrogens is 394 g/mol. The number of imidazole rings is 1. The van der Waals surface area contributed by atoms with Gasteiger partial charge < -0.3 is 4.57 Å². The predicted molar refractivity (Wildman–Crippen MR) is 113 cm³/mol. The van der Waals surface area contributed by atoms with Crippen LogP contribution in [0.2, 0.25) is 0 Å². The number of fused-ring (bicyclic) bond motifs is 1. The Labute approximate surface area is 169 Å². The third kappa shape index (κ3) is 3.43. The number of rotatable bonds is 6. The molecule has 0 bridgehead atoms. The summed E-state index contributed by atoms with van der Waals surface area (Å²) in [4.78, 5) is 34.0. The lowest BCUT2D eigenvalue weighted by Crippen LogP contribution is -2.39. The maximum Gasteiger partial charge on any atom is 0.332 e. The second-order valence-corrected chi connectivity index (χ2v) is 8.59. The highest BCUT2D eigenvalue weighted by Gasteiger charge is 2.14. The molecule has 0 N–H and O–H groups in total. The summed E-state index contributed by atoms with van der Waals surface area (Å²) in [6.07, 6.45) is 2.25. The Balaban J connectivity index is 1.44. The van der Waals surface area contributed by atoms with Crippen molar-refractivity contribution in [1.82, 2.24) is 23.7 Å². The molecule has 1 aromatic carbocycles. The summed E-state index contributed by atoms with van der Waals surface area (Å²) in [5, 5.41) is 2.05. The van der Waals surface area contributed by atoms with Gasteiger partial charge in [-0.2, -0.15) is 0 Å². The fourth-order valence-electron chi connectivity index (χ4n) is 3.04. The fraction of sp³-hybridized carbons (Fsp3) is 0.263.